The van der Waals surface area contributed by atoms with Crippen LogP contribution in [0.2, 0.25) is 0 Å². The van der Waals surface area contributed by atoms with Gasteiger partial charge in [-0.05, 0) is 19.1 Å². The third-order valence-electron chi connectivity index (χ3n) is 4.30. The number of carbonyl (C=O) groups excluding carboxylic acids is 2. The zero-order chi connectivity index (χ0) is 18.2. The normalized spacial score (nSPS) is 16.6. The fraction of sp³-hybridized carbons (Fsp3) is 0.312. The molecule has 1 aliphatic heterocycles. The van der Waals surface area contributed by atoms with Gasteiger partial charge in [0, 0.05) is 26.1 Å². The molecule has 2 heterocycles. The molecule has 0 spiro atoms. The van der Waals surface area contributed by atoms with E-state index in [2.05, 4.69) is 5.16 Å². The summed E-state index contributed by atoms with van der Waals surface area (Å²) in [4.78, 5) is 26.1. The maximum Gasteiger partial charge on any atom is 0.269 e. The molecule has 1 aliphatic rings. The summed E-state index contributed by atoms with van der Waals surface area (Å²) in [5.41, 5.74) is 0.729. The van der Waals surface area contributed by atoms with Crippen LogP contribution >= 0.6 is 0 Å². The summed E-state index contributed by atoms with van der Waals surface area (Å²) in [7, 11) is -2.30. The van der Waals surface area contributed by atoms with Crippen LogP contribution in [0.5, 0.6) is 0 Å². The number of nitrogens with zero attached hydrogens (tertiary/aromatic N) is 3. The lowest BCUT2D eigenvalue weighted by molar-refractivity contribution is -0.131. The minimum absolute atomic E-state index is 0.0169. The van der Waals surface area contributed by atoms with Crippen LogP contribution in [-0.4, -0.2) is 48.2 Å². The molecule has 0 N–H and O–H groups in total. The van der Waals surface area contributed by atoms with Crippen molar-refractivity contribution in [1.82, 2.24) is 14.4 Å². The maximum atomic E-state index is 12.5. The number of rotatable bonds is 5. The van der Waals surface area contributed by atoms with Gasteiger partial charge >= 0.3 is 0 Å². The van der Waals surface area contributed by atoms with Gasteiger partial charge in [0.05, 0.1) is 11.6 Å². The van der Waals surface area contributed by atoms with Crippen LogP contribution in [-0.2, 0) is 14.8 Å². The lowest BCUT2D eigenvalue weighted by Crippen LogP contribution is -2.36. The second-order valence-corrected chi connectivity index (χ2v) is 7.56. The van der Waals surface area contributed by atoms with E-state index in [1.165, 1.54) is 23.3 Å². The number of hydrogen-bond acceptors (Lipinski definition) is 6. The van der Waals surface area contributed by atoms with E-state index in [1.807, 2.05) is 0 Å². The first-order valence-electron chi connectivity index (χ1n) is 7.66. The Bertz CT molecular complexity index is 908. The van der Waals surface area contributed by atoms with Gasteiger partial charge in [-0.25, -0.2) is 12.7 Å². The summed E-state index contributed by atoms with van der Waals surface area (Å²) in [6, 6.07) is 7.35. The SMILES string of the molecule is CC(c1ccon1)N(C)C(=O)CCN1C(=O)c2ccccc2S1(=O)=O. The maximum absolute atomic E-state index is 12.5. The van der Waals surface area contributed by atoms with Crippen LogP contribution in [0.25, 0.3) is 0 Å². The Labute approximate surface area is 145 Å². The molecule has 25 heavy (non-hydrogen) atoms. The van der Waals surface area contributed by atoms with E-state index in [4.69, 9.17) is 4.52 Å². The molecule has 1 atom stereocenters. The summed E-state index contributed by atoms with van der Waals surface area (Å²) >= 11 is 0. The Morgan fingerprint density at radius 3 is 2.68 bits per heavy atom. The second kappa shape index (κ2) is 6.32. The van der Waals surface area contributed by atoms with E-state index in [1.54, 1.807) is 32.2 Å². The molecule has 0 saturated carbocycles. The highest BCUT2D eigenvalue weighted by atomic mass is 32.2. The monoisotopic (exact) mass is 363 g/mol. The molecule has 8 nitrogen and oxygen atoms in total. The summed E-state index contributed by atoms with van der Waals surface area (Å²) in [6.07, 6.45) is 1.30. The highest BCUT2D eigenvalue weighted by molar-refractivity contribution is 7.90. The van der Waals surface area contributed by atoms with Crippen molar-refractivity contribution in [2.24, 2.45) is 0 Å². The molecule has 0 aliphatic carbocycles. The van der Waals surface area contributed by atoms with Gasteiger partial charge in [-0.3, -0.25) is 9.59 Å². The number of sulfonamides is 1. The summed E-state index contributed by atoms with van der Waals surface area (Å²) in [6.45, 7) is 1.58. The lowest BCUT2D eigenvalue weighted by Gasteiger charge is -2.24. The smallest absolute Gasteiger partial charge is 0.269 e. The second-order valence-electron chi connectivity index (χ2n) is 5.73. The number of fused-ring (bicyclic) bond motifs is 1. The van der Waals surface area contributed by atoms with Crippen molar-refractivity contribution in [3.63, 3.8) is 0 Å². The Morgan fingerprint density at radius 2 is 2.04 bits per heavy atom. The van der Waals surface area contributed by atoms with Crippen molar-refractivity contribution in [2.45, 2.75) is 24.3 Å². The highest BCUT2D eigenvalue weighted by Crippen LogP contribution is 2.30. The highest BCUT2D eigenvalue weighted by Gasteiger charge is 2.40. The number of benzene rings is 1. The van der Waals surface area contributed by atoms with Crippen molar-refractivity contribution in [1.29, 1.82) is 0 Å². The molecular formula is C16H17N3O5S. The molecule has 0 fully saturated rings. The van der Waals surface area contributed by atoms with Crippen LogP contribution in [0.15, 0.2) is 46.0 Å². The minimum atomic E-state index is -3.89. The fourth-order valence-electron chi connectivity index (χ4n) is 2.68. The lowest BCUT2D eigenvalue weighted by atomic mass is 10.2. The van der Waals surface area contributed by atoms with E-state index >= 15 is 0 Å². The molecule has 0 radical (unpaired) electrons. The predicted octanol–water partition coefficient (Wildman–Crippen LogP) is 1.43. The van der Waals surface area contributed by atoms with Crippen LogP contribution in [0.3, 0.4) is 0 Å². The van der Waals surface area contributed by atoms with Crippen molar-refractivity contribution >= 4 is 21.8 Å². The summed E-state index contributed by atoms with van der Waals surface area (Å²) < 4.78 is 30.4. The zero-order valence-corrected chi connectivity index (χ0v) is 14.6. The third-order valence-corrected chi connectivity index (χ3v) is 6.14. The molecule has 1 aromatic heterocycles. The predicted molar refractivity (Wildman–Crippen MR) is 87.0 cm³/mol. The van der Waals surface area contributed by atoms with Gasteiger partial charge in [-0.2, -0.15) is 0 Å². The van der Waals surface area contributed by atoms with E-state index in [-0.39, 0.29) is 35.4 Å². The van der Waals surface area contributed by atoms with Crippen LogP contribution in [0.4, 0.5) is 0 Å². The quantitative estimate of drug-likeness (QED) is 0.796. The Kier molecular flexibility index (Phi) is 4.34. The molecule has 9 heteroatoms. The molecule has 2 amide bonds. The molecule has 2 aromatic rings. The Hall–Kier alpha value is -2.68. The van der Waals surface area contributed by atoms with E-state index in [0.717, 1.165) is 4.31 Å². The first kappa shape index (κ1) is 17.2. The number of aromatic nitrogens is 1. The third kappa shape index (κ3) is 2.91. The zero-order valence-electron chi connectivity index (χ0n) is 13.7. The summed E-state index contributed by atoms with van der Waals surface area (Å²) in [5, 5.41) is 3.79. The molecule has 132 valence electrons. The topological polar surface area (TPSA) is 101 Å². The van der Waals surface area contributed by atoms with Gasteiger partial charge in [0.1, 0.15) is 16.9 Å². The van der Waals surface area contributed by atoms with Gasteiger partial charge in [0.2, 0.25) is 5.91 Å². The molecular weight excluding hydrogens is 346 g/mol. The van der Waals surface area contributed by atoms with Crippen LogP contribution < -0.4 is 0 Å². The average molecular weight is 363 g/mol. The van der Waals surface area contributed by atoms with E-state index in [9.17, 15) is 18.0 Å². The molecule has 1 unspecified atom stereocenters. The van der Waals surface area contributed by atoms with Crippen LogP contribution in [0, 0.1) is 0 Å². The number of hydrogen-bond donors (Lipinski definition) is 0. The molecule has 0 bridgehead atoms. The minimum Gasteiger partial charge on any atom is -0.364 e. The fourth-order valence-corrected chi connectivity index (χ4v) is 4.25. The Balaban J connectivity index is 1.70. The Morgan fingerprint density at radius 1 is 1.32 bits per heavy atom. The largest absolute Gasteiger partial charge is 0.364 e. The van der Waals surface area contributed by atoms with Gasteiger partial charge < -0.3 is 9.42 Å². The first-order valence-corrected chi connectivity index (χ1v) is 9.10. The molecule has 3 rings (SSSR count). The first-order chi connectivity index (χ1) is 11.8. The van der Waals surface area contributed by atoms with Gasteiger partial charge in [-0.15, -0.1) is 0 Å². The van der Waals surface area contributed by atoms with Crippen LogP contribution in [0.1, 0.15) is 35.4 Å². The van der Waals surface area contributed by atoms with Gasteiger partial charge in [0.25, 0.3) is 15.9 Å². The molecule has 0 saturated heterocycles. The standard InChI is InChI=1S/C16H17N3O5S/c1-11(13-8-10-24-17-13)18(2)15(20)7-9-19-16(21)12-5-3-4-6-14(12)25(19,22)23/h3-6,8,10-11H,7,9H2,1-2H3. The van der Waals surface area contributed by atoms with Gasteiger partial charge in [-0.1, -0.05) is 17.3 Å². The number of carbonyl (C=O) groups is 2. The van der Waals surface area contributed by atoms with Crippen molar-refractivity contribution in [3.05, 3.63) is 47.9 Å². The van der Waals surface area contributed by atoms with Crippen molar-refractivity contribution in [2.75, 3.05) is 13.6 Å². The molecule has 1 aromatic carbocycles. The number of amides is 2. The van der Waals surface area contributed by atoms with E-state index < -0.39 is 15.9 Å². The van der Waals surface area contributed by atoms with Crippen molar-refractivity contribution in [3.8, 4) is 0 Å². The average Bonchev–Trinajstić information content (AvgIpc) is 3.19. The van der Waals surface area contributed by atoms with Crippen molar-refractivity contribution < 1.29 is 22.5 Å². The summed E-state index contributed by atoms with van der Waals surface area (Å²) in [5.74, 6) is -0.898. The van der Waals surface area contributed by atoms with E-state index in [0.29, 0.717) is 5.69 Å². The van der Waals surface area contributed by atoms with Gasteiger partial charge in [0.15, 0.2) is 0 Å².